The molecule has 0 aliphatic heterocycles. The lowest BCUT2D eigenvalue weighted by Crippen LogP contribution is -2.30. The number of amides is 2. The average molecular weight is 380 g/mol. The molecule has 6 heteroatoms. The molecular formula is C22H24N2O4. The van der Waals surface area contributed by atoms with Crippen LogP contribution in [0, 0.1) is 5.92 Å². The van der Waals surface area contributed by atoms with Crippen LogP contribution in [-0.4, -0.2) is 24.4 Å². The molecule has 1 unspecified atom stereocenters. The smallest absolute Gasteiger partial charge is 0.309 e. The number of nitrogens with one attached hydrogen (secondary N) is 2. The second kappa shape index (κ2) is 9.17. The summed E-state index contributed by atoms with van der Waals surface area (Å²) in [4.78, 5) is 36.6. The van der Waals surface area contributed by atoms with E-state index >= 15 is 0 Å². The summed E-state index contributed by atoms with van der Waals surface area (Å²) in [7, 11) is 0. The number of esters is 1. The molecule has 0 saturated heterocycles. The van der Waals surface area contributed by atoms with E-state index in [0.717, 1.165) is 24.8 Å². The van der Waals surface area contributed by atoms with Gasteiger partial charge in [-0.1, -0.05) is 48.9 Å². The molecule has 0 spiro atoms. The minimum absolute atomic E-state index is 0.0784. The van der Waals surface area contributed by atoms with E-state index < -0.39 is 5.91 Å². The molecule has 0 radical (unpaired) electrons. The van der Waals surface area contributed by atoms with Gasteiger partial charge in [0.25, 0.3) is 11.8 Å². The molecule has 0 bridgehead atoms. The second-order valence-electron chi connectivity index (χ2n) is 6.94. The van der Waals surface area contributed by atoms with Crippen molar-refractivity contribution in [2.75, 3.05) is 11.9 Å². The average Bonchev–Trinajstić information content (AvgIpc) is 2.66. The number of hydrogen-bond donors (Lipinski definition) is 2. The molecule has 1 saturated carbocycles. The Bertz CT molecular complexity index is 847. The molecule has 0 aromatic heterocycles. The van der Waals surface area contributed by atoms with Crippen molar-refractivity contribution in [2.45, 2.75) is 32.2 Å². The van der Waals surface area contributed by atoms with Crippen LogP contribution < -0.4 is 10.6 Å². The molecule has 6 nitrogen and oxygen atoms in total. The minimum atomic E-state index is -0.468. The quantitative estimate of drug-likeness (QED) is 0.721. The van der Waals surface area contributed by atoms with Crippen molar-refractivity contribution >= 4 is 23.5 Å². The molecule has 146 valence electrons. The Morgan fingerprint density at radius 1 is 1.04 bits per heavy atom. The van der Waals surface area contributed by atoms with Gasteiger partial charge in [0, 0.05) is 0 Å². The molecule has 3 rings (SSSR count). The summed E-state index contributed by atoms with van der Waals surface area (Å²) >= 11 is 0. The van der Waals surface area contributed by atoms with Gasteiger partial charge < -0.3 is 15.4 Å². The van der Waals surface area contributed by atoms with Crippen LogP contribution in [-0.2, 0) is 14.3 Å². The van der Waals surface area contributed by atoms with Gasteiger partial charge in [0.15, 0.2) is 6.61 Å². The van der Waals surface area contributed by atoms with Gasteiger partial charge >= 0.3 is 5.97 Å². The summed E-state index contributed by atoms with van der Waals surface area (Å²) in [6.07, 6.45) is 2.67. The fourth-order valence-electron chi connectivity index (χ4n) is 2.97. The minimum Gasteiger partial charge on any atom is -0.455 e. The lowest BCUT2D eigenvalue weighted by molar-refractivity contribution is -0.154. The Morgan fingerprint density at radius 3 is 2.39 bits per heavy atom. The van der Waals surface area contributed by atoms with E-state index in [9.17, 15) is 14.4 Å². The van der Waals surface area contributed by atoms with Crippen molar-refractivity contribution < 1.29 is 19.1 Å². The van der Waals surface area contributed by atoms with Crippen LogP contribution in [0.2, 0.25) is 0 Å². The number of hydrogen-bond acceptors (Lipinski definition) is 4. The van der Waals surface area contributed by atoms with Crippen molar-refractivity contribution in [3.05, 3.63) is 65.7 Å². The Hall–Kier alpha value is -3.15. The van der Waals surface area contributed by atoms with Crippen molar-refractivity contribution in [2.24, 2.45) is 5.92 Å². The number of carbonyl (C=O) groups is 3. The molecule has 2 amide bonds. The highest BCUT2D eigenvalue weighted by atomic mass is 16.5. The number of para-hydroxylation sites is 1. The first kappa shape index (κ1) is 19.6. The third kappa shape index (κ3) is 4.97. The Labute approximate surface area is 164 Å². The van der Waals surface area contributed by atoms with Crippen molar-refractivity contribution in [3.63, 3.8) is 0 Å². The van der Waals surface area contributed by atoms with Gasteiger partial charge in [0.05, 0.1) is 23.2 Å². The summed E-state index contributed by atoms with van der Waals surface area (Å²) < 4.78 is 5.05. The van der Waals surface area contributed by atoms with E-state index in [1.807, 2.05) is 37.3 Å². The second-order valence-corrected chi connectivity index (χ2v) is 6.94. The summed E-state index contributed by atoms with van der Waals surface area (Å²) in [5.74, 6) is -1.17. The summed E-state index contributed by atoms with van der Waals surface area (Å²) in [5, 5.41) is 5.59. The van der Waals surface area contributed by atoms with E-state index in [-0.39, 0.29) is 30.4 Å². The predicted octanol–water partition coefficient (Wildman–Crippen LogP) is 3.46. The predicted molar refractivity (Wildman–Crippen MR) is 106 cm³/mol. The standard InChI is InChI=1S/C22H24N2O4/c1-15(16-8-3-2-4-9-16)23-21(26)18-12-5-6-13-19(18)24-20(25)14-28-22(27)17-10-7-11-17/h2-6,8-9,12-13,15,17H,7,10-11,14H2,1H3,(H,23,26)(H,24,25). The lowest BCUT2D eigenvalue weighted by Gasteiger charge is -2.22. The molecule has 2 N–H and O–H groups in total. The Morgan fingerprint density at radius 2 is 1.71 bits per heavy atom. The number of anilines is 1. The van der Waals surface area contributed by atoms with Crippen LogP contribution in [0.4, 0.5) is 5.69 Å². The molecule has 2 aromatic rings. The number of ether oxygens (including phenoxy) is 1. The maximum atomic E-state index is 12.7. The van der Waals surface area contributed by atoms with Gasteiger partial charge in [0.2, 0.25) is 0 Å². The number of benzene rings is 2. The molecule has 1 aliphatic carbocycles. The Kier molecular flexibility index (Phi) is 6.42. The highest BCUT2D eigenvalue weighted by molar-refractivity contribution is 6.04. The van der Waals surface area contributed by atoms with Crippen LogP contribution in [0.25, 0.3) is 0 Å². The molecule has 1 fully saturated rings. The van der Waals surface area contributed by atoms with E-state index in [1.165, 1.54) is 0 Å². The third-order valence-electron chi connectivity index (χ3n) is 4.88. The van der Waals surface area contributed by atoms with Crippen molar-refractivity contribution in [1.82, 2.24) is 5.32 Å². The maximum absolute atomic E-state index is 12.7. The van der Waals surface area contributed by atoms with Crippen LogP contribution in [0.3, 0.4) is 0 Å². The van der Waals surface area contributed by atoms with Crippen molar-refractivity contribution in [1.29, 1.82) is 0 Å². The van der Waals surface area contributed by atoms with Crippen LogP contribution in [0.5, 0.6) is 0 Å². The van der Waals surface area contributed by atoms with Crippen LogP contribution in [0.1, 0.15) is 48.1 Å². The van der Waals surface area contributed by atoms with Crippen LogP contribution in [0.15, 0.2) is 54.6 Å². The largest absolute Gasteiger partial charge is 0.455 e. The SMILES string of the molecule is CC(NC(=O)c1ccccc1NC(=O)COC(=O)C1CCC1)c1ccccc1. The summed E-state index contributed by atoms with van der Waals surface area (Å²) in [6.45, 7) is 1.54. The number of rotatable bonds is 7. The third-order valence-corrected chi connectivity index (χ3v) is 4.88. The van der Waals surface area contributed by atoms with E-state index in [2.05, 4.69) is 10.6 Å². The van der Waals surface area contributed by atoms with Gasteiger partial charge in [-0.2, -0.15) is 0 Å². The van der Waals surface area contributed by atoms with E-state index in [1.54, 1.807) is 24.3 Å². The van der Waals surface area contributed by atoms with Crippen molar-refractivity contribution in [3.8, 4) is 0 Å². The van der Waals surface area contributed by atoms with E-state index in [4.69, 9.17) is 4.74 Å². The van der Waals surface area contributed by atoms with Gasteiger partial charge in [-0.3, -0.25) is 14.4 Å². The monoisotopic (exact) mass is 380 g/mol. The van der Waals surface area contributed by atoms with Gasteiger partial charge in [-0.25, -0.2) is 0 Å². The Balaban J connectivity index is 1.59. The number of carbonyl (C=O) groups excluding carboxylic acids is 3. The summed E-state index contributed by atoms with van der Waals surface area (Å²) in [6, 6.07) is 16.2. The van der Waals surface area contributed by atoms with Gasteiger partial charge in [-0.15, -0.1) is 0 Å². The van der Waals surface area contributed by atoms with Crippen LogP contribution >= 0.6 is 0 Å². The fraction of sp³-hybridized carbons (Fsp3) is 0.318. The first-order valence-corrected chi connectivity index (χ1v) is 9.46. The first-order chi connectivity index (χ1) is 13.5. The van der Waals surface area contributed by atoms with E-state index in [0.29, 0.717) is 11.3 Å². The molecule has 28 heavy (non-hydrogen) atoms. The fourth-order valence-corrected chi connectivity index (χ4v) is 2.97. The van der Waals surface area contributed by atoms with Gasteiger partial charge in [0.1, 0.15) is 0 Å². The zero-order valence-electron chi connectivity index (χ0n) is 15.8. The zero-order valence-corrected chi connectivity index (χ0v) is 15.8. The highest BCUT2D eigenvalue weighted by Crippen LogP contribution is 2.27. The molecule has 1 aliphatic rings. The molecule has 0 heterocycles. The molecule has 2 aromatic carbocycles. The topological polar surface area (TPSA) is 84.5 Å². The first-order valence-electron chi connectivity index (χ1n) is 9.46. The highest BCUT2D eigenvalue weighted by Gasteiger charge is 2.27. The molecular weight excluding hydrogens is 356 g/mol. The molecule has 1 atom stereocenters. The maximum Gasteiger partial charge on any atom is 0.309 e. The normalized spacial score (nSPS) is 14.5. The summed E-state index contributed by atoms with van der Waals surface area (Å²) in [5.41, 5.74) is 1.72. The zero-order chi connectivity index (χ0) is 19.9. The lowest BCUT2D eigenvalue weighted by atomic mass is 9.86. The van der Waals surface area contributed by atoms with Gasteiger partial charge in [-0.05, 0) is 37.5 Å².